The summed E-state index contributed by atoms with van der Waals surface area (Å²) in [5, 5.41) is 2.87. The van der Waals surface area contributed by atoms with E-state index < -0.39 is 0 Å². The van der Waals surface area contributed by atoms with Crippen molar-refractivity contribution < 1.29 is 14.3 Å². The molecule has 0 saturated heterocycles. The Morgan fingerprint density at radius 3 is 2.84 bits per heavy atom. The van der Waals surface area contributed by atoms with Crippen LogP contribution in [-0.2, 0) is 4.74 Å². The van der Waals surface area contributed by atoms with Crippen LogP contribution in [0, 0.1) is 0 Å². The molecule has 0 aliphatic rings. The molecule has 1 aromatic carbocycles. The molecule has 0 heterocycles. The average molecular weight is 265 g/mol. The van der Waals surface area contributed by atoms with E-state index in [2.05, 4.69) is 5.32 Å². The molecule has 4 nitrogen and oxygen atoms in total. The highest BCUT2D eigenvalue weighted by atomic mass is 16.5. The molecule has 1 aromatic rings. The van der Waals surface area contributed by atoms with Crippen molar-refractivity contribution in [1.82, 2.24) is 5.32 Å². The molecule has 0 atom stereocenters. The zero-order valence-corrected chi connectivity index (χ0v) is 11.9. The van der Waals surface area contributed by atoms with Crippen LogP contribution >= 0.6 is 0 Å². The van der Waals surface area contributed by atoms with Crippen molar-refractivity contribution in [2.45, 2.75) is 33.3 Å². The van der Waals surface area contributed by atoms with Gasteiger partial charge in [0.15, 0.2) is 0 Å². The third-order valence-corrected chi connectivity index (χ3v) is 2.47. The monoisotopic (exact) mass is 265 g/mol. The number of carbonyl (C=O) groups excluding carboxylic acids is 1. The minimum atomic E-state index is -0.0777. The lowest BCUT2D eigenvalue weighted by molar-refractivity contribution is 0.0757. The second-order valence-corrected chi connectivity index (χ2v) is 4.49. The molecule has 0 fully saturated rings. The fourth-order valence-electron chi connectivity index (χ4n) is 1.59. The molecule has 0 bridgehead atoms. The Bertz CT molecular complexity index is 391. The molecule has 0 radical (unpaired) electrons. The molecule has 0 aromatic heterocycles. The number of benzene rings is 1. The largest absolute Gasteiger partial charge is 0.494 e. The highest BCUT2D eigenvalue weighted by Gasteiger charge is 2.05. The molecule has 1 amide bonds. The van der Waals surface area contributed by atoms with Crippen LogP contribution in [0.3, 0.4) is 0 Å². The molecule has 0 spiro atoms. The van der Waals surface area contributed by atoms with Gasteiger partial charge in [-0.3, -0.25) is 4.79 Å². The Labute approximate surface area is 115 Å². The molecule has 1 rings (SSSR count). The first-order chi connectivity index (χ1) is 9.13. The van der Waals surface area contributed by atoms with E-state index in [1.54, 1.807) is 12.1 Å². The first-order valence-electron chi connectivity index (χ1n) is 6.76. The van der Waals surface area contributed by atoms with Crippen LogP contribution < -0.4 is 10.1 Å². The lowest BCUT2D eigenvalue weighted by atomic mass is 10.2. The number of hydrogen-bond donors (Lipinski definition) is 1. The Morgan fingerprint density at radius 1 is 1.37 bits per heavy atom. The summed E-state index contributed by atoms with van der Waals surface area (Å²) >= 11 is 0. The number of amides is 1. The molecule has 0 saturated carbocycles. The summed E-state index contributed by atoms with van der Waals surface area (Å²) < 4.78 is 10.8. The van der Waals surface area contributed by atoms with Crippen molar-refractivity contribution in [3.05, 3.63) is 29.8 Å². The normalized spacial score (nSPS) is 10.5. The number of hydrogen-bond acceptors (Lipinski definition) is 3. The van der Waals surface area contributed by atoms with E-state index in [0.29, 0.717) is 25.3 Å². The van der Waals surface area contributed by atoms with Gasteiger partial charge in [-0.25, -0.2) is 0 Å². The quantitative estimate of drug-likeness (QED) is 0.735. The van der Waals surface area contributed by atoms with Gasteiger partial charge in [0, 0.05) is 18.7 Å². The van der Waals surface area contributed by atoms with Crippen LogP contribution in [0.1, 0.15) is 37.6 Å². The summed E-state index contributed by atoms with van der Waals surface area (Å²) in [4.78, 5) is 11.9. The molecule has 106 valence electrons. The number of rotatable bonds is 8. The van der Waals surface area contributed by atoms with Crippen molar-refractivity contribution in [3.8, 4) is 5.75 Å². The van der Waals surface area contributed by atoms with Gasteiger partial charge in [-0.2, -0.15) is 0 Å². The summed E-state index contributed by atoms with van der Waals surface area (Å²) in [6.07, 6.45) is 1.05. The summed E-state index contributed by atoms with van der Waals surface area (Å²) in [5.41, 5.74) is 0.621. The van der Waals surface area contributed by atoms with E-state index >= 15 is 0 Å². The standard InChI is InChI=1S/C15H23NO3/c1-4-18-14-8-5-7-13(11-14)15(17)16-9-6-10-19-12(2)3/h5,7-8,11-12H,4,6,9-10H2,1-3H3,(H,16,17). The van der Waals surface area contributed by atoms with Gasteiger partial charge in [-0.05, 0) is 45.4 Å². The van der Waals surface area contributed by atoms with Gasteiger partial charge in [0.2, 0.25) is 0 Å². The second kappa shape index (κ2) is 8.53. The van der Waals surface area contributed by atoms with E-state index in [4.69, 9.17) is 9.47 Å². The third-order valence-electron chi connectivity index (χ3n) is 2.47. The number of ether oxygens (including phenoxy) is 2. The number of carbonyl (C=O) groups is 1. The predicted molar refractivity (Wildman–Crippen MR) is 75.6 cm³/mol. The van der Waals surface area contributed by atoms with E-state index in [9.17, 15) is 4.79 Å². The molecular weight excluding hydrogens is 242 g/mol. The molecule has 0 aliphatic carbocycles. The Balaban J connectivity index is 2.34. The number of nitrogens with one attached hydrogen (secondary N) is 1. The first-order valence-corrected chi connectivity index (χ1v) is 6.76. The lowest BCUT2D eigenvalue weighted by Gasteiger charge is -2.09. The van der Waals surface area contributed by atoms with Gasteiger partial charge in [0.25, 0.3) is 5.91 Å². The van der Waals surface area contributed by atoms with Crippen LogP contribution in [-0.4, -0.2) is 31.8 Å². The van der Waals surface area contributed by atoms with E-state index in [1.807, 2.05) is 32.9 Å². The Hall–Kier alpha value is -1.55. The zero-order chi connectivity index (χ0) is 14.1. The maximum atomic E-state index is 11.9. The average Bonchev–Trinajstić information content (AvgIpc) is 2.38. The van der Waals surface area contributed by atoms with Crippen molar-refractivity contribution in [3.63, 3.8) is 0 Å². The van der Waals surface area contributed by atoms with Gasteiger partial charge in [0.05, 0.1) is 12.7 Å². The highest BCUT2D eigenvalue weighted by Crippen LogP contribution is 2.13. The topological polar surface area (TPSA) is 47.6 Å². The maximum Gasteiger partial charge on any atom is 0.251 e. The van der Waals surface area contributed by atoms with Gasteiger partial charge in [0.1, 0.15) is 5.75 Å². The second-order valence-electron chi connectivity index (χ2n) is 4.49. The molecular formula is C15H23NO3. The summed E-state index contributed by atoms with van der Waals surface area (Å²) in [6.45, 7) is 7.79. The van der Waals surface area contributed by atoms with Crippen molar-refractivity contribution >= 4 is 5.91 Å². The van der Waals surface area contributed by atoms with Crippen molar-refractivity contribution in [1.29, 1.82) is 0 Å². The summed E-state index contributed by atoms with van der Waals surface area (Å²) in [7, 11) is 0. The van der Waals surface area contributed by atoms with Gasteiger partial charge in [-0.15, -0.1) is 0 Å². The fraction of sp³-hybridized carbons (Fsp3) is 0.533. The van der Waals surface area contributed by atoms with Gasteiger partial charge >= 0.3 is 0 Å². The van der Waals surface area contributed by atoms with Gasteiger partial charge in [-0.1, -0.05) is 6.07 Å². The van der Waals surface area contributed by atoms with Crippen LogP contribution in [0.4, 0.5) is 0 Å². The van der Waals surface area contributed by atoms with E-state index in [1.165, 1.54) is 0 Å². The zero-order valence-electron chi connectivity index (χ0n) is 11.9. The summed E-state index contributed by atoms with van der Waals surface area (Å²) in [6, 6.07) is 7.20. The minimum absolute atomic E-state index is 0.0777. The lowest BCUT2D eigenvalue weighted by Crippen LogP contribution is -2.25. The fourth-order valence-corrected chi connectivity index (χ4v) is 1.59. The maximum absolute atomic E-state index is 11.9. The predicted octanol–water partition coefficient (Wildman–Crippen LogP) is 2.63. The van der Waals surface area contributed by atoms with E-state index in [-0.39, 0.29) is 12.0 Å². The molecule has 19 heavy (non-hydrogen) atoms. The van der Waals surface area contributed by atoms with Crippen LogP contribution in [0.25, 0.3) is 0 Å². The van der Waals surface area contributed by atoms with Crippen molar-refractivity contribution in [2.24, 2.45) is 0 Å². The van der Waals surface area contributed by atoms with Crippen LogP contribution in [0.5, 0.6) is 5.75 Å². The van der Waals surface area contributed by atoms with Crippen LogP contribution in [0.15, 0.2) is 24.3 Å². The first kappa shape index (κ1) is 15.5. The van der Waals surface area contributed by atoms with Gasteiger partial charge < -0.3 is 14.8 Å². The molecule has 0 unspecified atom stereocenters. The highest BCUT2D eigenvalue weighted by molar-refractivity contribution is 5.94. The third kappa shape index (κ3) is 6.25. The SMILES string of the molecule is CCOc1cccc(C(=O)NCCCOC(C)C)c1. The Morgan fingerprint density at radius 2 is 2.16 bits per heavy atom. The van der Waals surface area contributed by atoms with Crippen molar-refractivity contribution in [2.75, 3.05) is 19.8 Å². The van der Waals surface area contributed by atoms with E-state index in [0.717, 1.165) is 12.2 Å². The molecule has 1 N–H and O–H groups in total. The molecule has 0 aliphatic heterocycles. The molecule has 4 heteroatoms. The smallest absolute Gasteiger partial charge is 0.251 e. The Kier molecular flexibility index (Phi) is 6.97. The van der Waals surface area contributed by atoms with Crippen LogP contribution in [0.2, 0.25) is 0 Å². The minimum Gasteiger partial charge on any atom is -0.494 e. The summed E-state index contributed by atoms with van der Waals surface area (Å²) in [5.74, 6) is 0.643.